The number of pyridine rings is 2. The average Bonchev–Trinajstić information content (AvgIpc) is 2.73. The number of ether oxygens (including phenoxy) is 1. The van der Waals surface area contributed by atoms with Crippen LogP contribution < -0.4 is 0 Å². The summed E-state index contributed by atoms with van der Waals surface area (Å²) < 4.78 is 6.01. The van der Waals surface area contributed by atoms with E-state index in [9.17, 15) is 5.21 Å². The summed E-state index contributed by atoms with van der Waals surface area (Å²) in [5.74, 6) is 0. The molecule has 22 heavy (non-hydrogen) atoms. The molecule has 0 saturated carbocycles. The SMILES string of the molecule is Cc1ccc(C2(c3ccc(C)cn3)OCC(C)(C)N2[O])nc1. The molecule has 3 rings (SSSR count). The van der Waals surface area contributed by atoms with Crippen molar-refractivity contribution in [2.75, 3.05) is 6.61 Å². The zero-order valence-electron chi connectivity index (χ0n) is 13.3. The minimum atomic E-state index is -1.29. The van der Waals surface area contributed by atoms with Crippen molar-refractivity contribution in [1.29, 1.82) is 0 Å². The molecule has 5 nitrogen and oxygen atoms in total. The van der Waals surface area contributed by atoms with Gasteiger partial charge in [-0.05, 0) is 51.0 Å². The molecule has 0 atom stereocenters. The summed E-state index contributed by atoms with van der Waals surface area (Å²) in [6.45, 7) is 7.97. The Hall–Kier alpha value is -1.82. The maximum atomic E-state index is 13.0. The Morgan fingerprint density at radius 1 is 1.00 bits per heavy atom. The summed E-state index contributed by atoms with van der Waals surface area (Å²) in [5, 5.41) is 14.0. The Morgan fingerprint density at radius 2 is 1.50 bits per heavy atom. The highest BCUT2D eigenvalue weighted by molar-refractivity contribution is 5.31. The van der Waals surface area contributed by atoms with E-state index in [1.54, 1.807) is 12.4 Å². The normalized spacial score (nSPS) is 20.2. The fraction of sp³-hybridized carbons (Fsp3) is 0.412. The van der Waals surface area contributed by atoms with Crippen molar-refractivity contribution in [3.8, 4) is 0 Å². The summed E-state index contributed by atoms with van der Waals surface area (Å²) in [7, 11) is 0. The largest absolute Gasteiger partial charge is 0.345 e. The second-order valence-electron chi connectivity index (χ2n) is 6.48. The molecule has 0 unspecified atom stereocenters. The van der Waals surface area contributed by atoms with Crippen molar-refractivity contribution in [3.05, 3.63) is 59.2 Å². The van der Waals surface area contributed by atoms with Gasteiger partial charge in [0, 0.05) is 12.4 Å². The molecule has 2 aromatic heterocycles. The van der Waals surface area contributed by atoms with Gasteiger partial charge in [-0.15, -0.1) is 10.3 Å². The number of hydrogen-bond donors (Lipinski definition) is 0. The van der Waals surface area contributed by atoms with Crippen molar-refractivity contribution >= 4 is 0 Å². The number of hydroxylamine groups is 2. The van der Waals surface area contributed by atoms with Crippen LogP contribution in [0.1, 0.15) is 36.4 Å². The van der Waals surface area contributed by atoms with Gasteiger partial charge in [0.1, 0.15) is 0 Å². The third-order valence-electron chi connectivity index (χ3n) is 3.99. The van der Waals surface area contributed by atoms with E-state index in [1.165, 1.54) is 0 Å². The van der Waals surface area contributed by atoms with E-state index in [0.717, 1.165) is 16.2 Å². The van der Waals surface area contributed by atoms with Gasteiger partial charge in [0.05, 0.1) is 23.5 Å². The zero-order valence-corrected chi connectivity index (χ0v) is 13.3. The van der Waals surface area contributed by atoms with Gasteiger partial charge in [0.15, 0.2) is 0 Å². The smallest absolute Gasteiger partial charge is 0.233 e. The van der Waals surface area contributed by atoms with Crippen LogP contribution >= 0.6 is 0 Å². The lowest BCUT2D eigenvalue weighted by molar-refractivity contribution is -0.283. The highest BCUT2D eigenvalue weighted by atomic mass is 16.6. The first-order valence-corrected chi connectivity index (χ1v) is 7.34. The summed E-state index contributed by atoms with van der Waals surface area (Å²) in [4.78, 5) is 8.88. The summed E-state index contributed by atoms with van der Waals surface area (Å²) in [5.41, 5.74) is 1.27. The van der Waals surface area contributed by atoms with Gasteiger partial charge in [0.25, 0.3) is 0 Å². The van der Waals surface area contributed by atoms with E-state index in [1.807, 2.05) is 52.0 Å². The number of rotatable bonds is 2. The van der Waals surface area contributed by atoms with E-state index < -0.39 is 11.3 Å². The van der Waals surface area contributed by atoms with Gasteiger partial charge in [-0.2, -0.15) is 0 Å². The number of aromatic nitrogens is 2. The molecule has 1 aliphatic heterocycles. The second-order valence-corrected chi connectivity index (χ2v) is 6.48. The lowest BCUT2D eigenvalue weighted by atomic mass is 9.99. The molecule has 5 heteroatoms. The van der Waals surface area contributed by atoms with E-state index >= 15 is 0 Å². The number of hydrogen-bond acceptors (Lipinski definition) is 4. The summed E-state index contributed by atoms with van der Waals surface area (Å²) >= 11 is 0. The van der Waals surface area contributed by atoms with Crippen molar-refractivity contribution in [3.63, 3.8) is 0 Å². The second kappa shape index (κ2) is 5.12. The van der Waals surface area contributed by atoms with Crippen LogP contribution in [0.15, 0.2) is 36.7 Å². The lowest BCUT2D eigenvalue weighted by Crippen LogP contribution is -2.49. The van der Waals surface area contributed by atoms with Crippen LogP contribution in [0, 0.1) is 13.8 Å². The Labute approximate surface area is 130 Å². The first-order chi connectivity index (χ1) is 10.4. The van der Waals surface area contributed by atoms with Crippen LogP contribution in [-0.4, -0.2) is 27.2 Å². The highest BCUT2D eigenvalue weighted by Crippen LogP contribution is 2.44. The van der Waals surface area contributed by atoms with Crippen LogP contribution in [0.4, 0.5) is 0 Å². The maximum absolute atomic E-state index is 13.0. The molecule has 0 aliphatic carbocycles. The van der Waals surface area contributed by atoms with Crippen LogP contribution in [-0.2, 0) is 15.7 Å². The molecule has 1 fully saturated rings. The Balaban J connectivity index is 2.19. The van der Waals surface area contributed by atoms with E-state index in [4.69, 9.17) is 4.74 Å². The molecule has 1 saturated heterocycles. The molecule has 3 heterocycles. The van der Waals surface area contributed by atoms with Gasteiger partial charge in [-0.25, -0.2) is 0 Å². The molecule has 115 valence electrons. The quantitative estimate of drug-likeness (QED) is 0.855. The predicted octanol–water partition coefficient (Wildman–Crippen LogP) is 2.75. The van der Waals surface area contributed by atoms with Crippen LogP contribution in [0.5, 0.6) is 0 Å². The predicted molar refractivity (Wildman–Crippen MR) is 81.3 cm³/mol. The van der Waals surface area contributed by atoms with Crippen LogP contribution in [0.2, 0.25) is 0 Å². The number of nitrogens with zero attached hydrogens (tertiary/aromatic N) is 3. The van der Waals surface area contributed by atoms with Crippen LogP contribution in [0.25, 0.3) is 0 Å². The Morgan fingerprint density at radius 3 is 1.82 bits per heavy atom. The van der Waals surface area contributed by atoms with E-state index in [0.29, 0.717) is 18.0 Å². The van der Waals surface area contributed by atoms with E-state index in [-0.39, 0.29) is 0 Å². The minimum Gasteiger partial charge on any atom is -0.345 e. The van der Waals surface area contributed by atoms with Gasteiger partial charge < -0.3 is 4.74 Å². The average molecular weight is 298 g/mol. The first kappa shape index (κ1) is 15.1. The standard InChI is InChI=1S/C17H20N3O2/c1-12-5-7-14(18-9-12)17(15-8-6-13(2)10-19-15)20(21)16(3,4)11-22-17/h5-10H,11H2,1-4H3. The zero-order chi connectivity index (χ0) is 16.0. The molecule has 1 radical (unpaired) electrons. The minimum absolute atomic E-state index is 0.321. The molecule has 0 spiro atoms. The number of aryl methyl sites for hydroxylation is 2. The molecule has 1 aliphatic rings. The highest BCUT2D eigenvalue weighted by Gasteiger charge is 2.57. The summed E-state index contributed by atoms with van der Waals surface area (Å²) in [6.07, 6.45) is 3.49. The fourth-order valence-corrected chi connectivity index (χ4v) is 2.65. The van der Waals surface area contributed by atoms with E-state index in [2.05, 4.69) is 9.97 Å². The molecule has 0 aromatic carbocycles. The van der Waals surface area contributed by atoms with Crippen molar-refractivity contribution in [2.45, 2.75) is 39.0 Å². The maximum Gasteiger partial charge on any atom is 0.233 e. The third-order valence-corrected chi connectivity index (χ3v) is 3.99. The molecule has 0 bridgehead atoms. The Bertz CT molecular complexity index is 620. The molecule has 0 amide bonds. The van der Waals surface area contributed by atoms with Gasteiger partial charge in [-0.3, -0.25) is 9.97 Å². The van der Waals surface area contributed by atoms with Gasteiger partial charge >= 0.3 is 0 Å². The van der Waals surface area contributed by atoms with Gasteiger partial charge in [-0.1, -0.05) is 12.1 Å². The van der Waals surface area contributed by atoms with Crippen molar-refractivity contribution in [2.24, 2.45) is 0 Å². The molecular formula is C17H20N3O2. The van der Waals surface area contributed by atoms with Crippen molar-refractivity contribution in [1.82, 2.24) is 15.0 Å². The Kier molecular flexibility index (Phi) is 3.51. The topological polar surface area (TPSA) is 58.1 Å². The van der Waals surface area contributed by atoms with Crippen molar-refractivity contribution < 1.29 is 9.94 Å². The monoisotopic (exact) mass is 298 g/mol. The van der Waals surface area contributed by atoms with Gasteiger partial charge in [0.2, 0.25) is 5.72 Å². The van der Waals surface area contributed by atoms with Crippen LogP contribution in [0.3, 0.4) is 0 Å². The first-order valence-electron chi connectivity index (χ1n) is 7.34. The fourth-order valence-electron chi connectivity index (χ4n) is 2.65. The molecule has 0 N–H and O–H groups in total. The molecular weight excluding hydrogens is 278 g/mol. The lowest BCUT2D eigenvalue weighted by Gasteiger charge is -2.34. The molecule has 2 aromatic rings. The summed E-state index contributed by atoms with van der Waals surface area (Å²) in [6, 6.07) is 7.54. The third kappa shape index (κ3) is 2.22.